The van der Waals surface area contributed by atoms with Gasteiger partial charge in [0, 0.05) is 25.2 Å². The van der Waals surface area contributed by atoms with Gasteiger partial charge in [-0.3, -0.25) is 0 Å². The van der Waals surface area contributed by atoms with E-state index < -0.39 is 0 Å². The van der Waals surface area contributed by atoms with Crippen LogP contribution >= 0.6 is 0 Å². The summed E-state index contributed by atoms with van der Waals surface area (Å²) in [4.78, 5) is 0. The molecule has 2 rings (SSSR count). The molecule has 0 amide bonds. The highest BCUT2D eigenvalue weighted by Crippen LogP contribution is 2.31. The fraction of sp³-hybridized carbons (Fsp3) is 1.00. The van der Waals surface area contributed by atoms with Crippen LogP contribution in [0.25, 0.3) is 0 Å². The molecule has 0 aromatic rings. The normalized spacial score (nSPS) is 32.5. The summed E-state index contributed by atoms with van der Waals surface area (Å²) in [5, 5.41) is 7.39. The van der Waals surface area contributed by atoms with E-state index in [9.17, 15) is 0 Å². The maximum Gasteiger partial charge on any atom is 0.0591 e. The van der Waals surface area contributed by atoms with Crippen molar-refractivity contribution in [2.45, 2.75) is 58.0 Å². The summed E-state index contributed by atoms with van der Waals surface area (Å²) in [7, 11) is 0. The van der Waals surface area contributed by atoms with Gasteiger partial charge >= 0.3 is 0 Å². The summed E-state index contributed by atoms with van der Waals surface area (Å²) in [5.41, 5.74) is 0. The Balaban J connectivity index is 1.62. The van der Waals surface area contributed by atoms with E-state index in [1.165, 1.54) is 38.6 Å². The third-order valence-corrected chi connectivity index (χ3v) is 4.29. The van der Waals surface area contributed by atoms with Crippen LogP contribution in [-0.2, 0) is 4.74 Å². The van der Waals surface area contributed by atoms with Crippen molar-refractivity contribution in [1.29, 1.82) is 0 Å². The van der Waals surface area contributed by atoms with Crippen LogP contribution in [-0.4, -0.2) is 38.4 Å². The molecular formula is C15H30N2O. The molecule has 1 aliphatic heterocycles. The first-order valence-corrected chi connectivity index (χ1v) is 7.82. The number of rotatable bonds is 7. The van der Waals surface area contributed by atoms with Gasteiger partial charge < -0.3 is 15.4 Å². The molecule has 1 heterocycles. The van der Waals surface area contributed by atoms with Gasteiger partial charge in [-0.05, 0) is 44.1 Å². The second-order valence-corrected chi connectivity index (χ2v) is 6.33. The lowest BCUT2D eigenvalue weighted by Crippen LogP contribution is -2.43. The first kappa shape index (κ1) is 14.3. The zero-order chi connectivity index (χ0) is 12.8. The van der Waals surface area contributed by atoms with E-state index in [1.54, 1.807) is 0 Å². The van der Waals surface area contributed by atoms with E-state index in [-0.39, 0.29) is 0 Å². The number of nitrogens with one attached hydrogen (secondary N) is 2. The van der Waals surface area contributed by atoms with Gasteiger partial charge in [0.1, 0.15) is 0 Å². The topological polar surface area (TPSA) is 33.3 Å². The molecule has 1 saturated carbocycles. The minimum absolute atomic E-state index is 0.645. The standard InChI is InChI=1S/C15H30N2O/c1-12(2)11-18-10-9-17-14-6-3-5-13(14)15-7-4-8-16-15/h12-17H,3-11H2,1-2H3. The lowest BCUT2D eigenvalue weighted by atomic mass is 9.93. The Labute approximate surface area is 112 Å². The molecule has 1 saturated heterocycles. The molecular weight excluding hydrogens is 224 g/mol. The van der Waals surface area contributed by atoms with E-state index in [1.807, 2.05) is 0 Å². The molecule has 0 aromatic heterocycles. The van der Waals surface area contributed by atoms with Gasteiger partial charge in [-0.25, -0.2) is 0 Å². The van der Waals surface area contributed by atoms with Crippen LogP contribution in [0.1, 0.15) is 46.0 Å². The van der Waals surface area contributed by atoms with E-state index >= 15 is 0 Å². The van der Waals surface area contributed by atoms with Crippen molar-refractivity contribution in [2.75, 3.05) is 26.3 Å². The Hall–Kier alpha value is -0.120. The molecule has 3 nitrogen and oxygen atoms in total. The summed E-state index contributed by atoms with van der Waals surface area (Å²) < 4.78 is 5.64. The molecule has 3 atom stereocenters. The molecule has 2 N–H and O–H groups in total. The van der Waals surface area contributed by atoms with Crippen LogP contribution < -0.4 is 10.6 Å². The van der Waals surface area contributed by atoms with Gasteiger partial charge in [0.15, 0.2) is 0 Å². The average Bonchev–Trinajstić information content (AvgIpc) is 2.97. The molecule has 3 unspecified atom stereocenters. The van der Waals surface area contributed by atoms with Gasteiger partial charge in [0.25, 0.3) is 0 Å². The predicted octanol–water partition coefficient (Wildman–Crippen LogP) is 2.17. The number of hydrogen-bond acceptors (Lipinski definition) is 3. The minimum atomic E-state index is 0.645. The third-order valence-electron chi connectivity index (χ3n) is 4.29. The Morgan fingerprint density at radius 1 is 1.22 bits per heavy atom. The maximum atomic E-state index is 5.64. The molecule has 1 aliphatic carbocycles. The van der Waals surface area contributed by atoms with Gasteiger partial charge in [-0.15, -0.1) is 0 Å². The molecule has 3 heteroatoms. The zero-order valence-corrected chi connectivity index (χ0v) is 12.1. The van der Waals surface area contributed by atoms with E-state index in [4.69, 9.17) is 4.74 Å². The molecule has 0 spiro atoms. The first-order chi connectivity index (χ1) is 8.77. The summed E-state index contributed by atoms with van der Waals surface area (Å²) >= 11 is 0. The Morgan fingerprint density at radius 3 is 2.83 bits per heavy atom. The molecule has 2 aliphatic rings. The van der Waals surface area contributed by atoms with Crippen LogP contribution in [0, 0.1) is 11.8 Å². The Bertz CT molecular complexity index is 227. The van der Waals surface area contributed by atoms with Crippen LogP contribution in [0.15, 0.2) is 0 Å². The van der Waals surface area contributed by atoms with Crippen LogP contribution in [0.5, 0.6) is 0 Å². The fourth-order valence-electron chi connectivity index (χ4n) is 3.44. The SMILES string of the molecule is CC(C)COCCNC1CCCC1C1CCCN1. The molecule has 106 valence electrons. The molecule has 18 heavy (non-hydrogen) atoms. The van der Waals surface area contributed by atoms with Crippen LogP contribution in [0.3, 0.4) is 0 Å². The van der Waals surface area contributed by atoms with Crippen LogP contribution in [0.2, 0.25) is 0 Å². The smallest absolute Gasteiger partial charge is 0.0591 e. The van der Waals surface area contributed by atoms with E-state index in [0.29, 0.717) is 5.92 Å². The Morgan fingerprint density at radius 2 is 2.11 bits per heavy atom. The largest absolute Gasteiger partial charge is 0.380 e. The summed E-state index contributed by atoms with van der Waals surface area (Å²) in [6.45, 7) is 8.39. The fourth-order valence-corrected chi connectivity index (χ4v) is 3.44. The summed E-state index contributed by atoms with van der Waals surface area (Å²) in [6.07, 6.45) is 6.90. The monoisotopic (exact) mass is 254 g/mol. The van der Waals surface area contributed by atoms with Crippen LogP contribution in [0.4, 0.5) is 0 Å². The minimum Gasteiger partial charge on any atom is -0.380 e. The highest BCUT2D eigenvalue weighted by atomic mass is 16.5. The van der Waals surface area contributed by atoms with Crippen molar-refractivity contribution >= 4 is 0 Å². The molecule has 0 radical (unpaired) electrons. The summed E-state index contributed by atoms with van der Waals surface area (Å²) in [6, 6.07) is 1.50. The van der Waals surface area contributed by atoms with Gasteiger partial charge in [-0.1, -0.05) is 20.3 Å². The number of ether oxygens (including phenoxy) is 1. The van der Waals surface area contributed by atoms with Crippen molar-refractivity contribution < 1.29 is 4.74 Å². The average molecular weight is 254 g/mol. The Kier molecular flexibility index (Phi) is 5.93. The van der Waals surface area contributed by atoms with E-state index in [0.717, 1.165) is 37.8 Å². The maximum absolute atomic E-state index is 5.64. The van der Waals surface area contributed by atoms with Gasteiger partial charge in [0.2, 0.25) is 0 Å². The molecule has 0 aromatic carbocycles. The van der Waals surface area contributed by atoms with Gasteiger partial charge in [-0.2, -0.15) is 0 Å². The van der Waals surface area contributed by atoms with Gasteiger partial charge in [0.05, 0.1) is 6.61 Å². The highest BCUT2D eigenvalue weighted by Gasteiger charge is 2.34. The van der Waals surface area contributed by atoms with Crippen molar-refractivity contribution in [2.24, 2.45) is 11.8 Å². The quantitative estimate of drug-likeness (QED) is 0.683. The molecule has 2 fully saturated rings. The summed E-state index contributed by atoms with van der Waals surface area (Å²) in [5.74, 6) is 1.50. The predicted molar refractivity (Wildman–Crippen MR) is 75.8 cm³/mol. The first-order valence-electron chi connectivity index (χ1n) is 7.82. The lowest BCUT2D eigenvalue weighted by molar-refractivity contribution is 0.108. The van der Waals surface area contributed by atoms with Crippen molar-refractivity contribution in [1.82, 2.24) is 10.6 Å². The van der Waals surface area contributed by atoms with Crippen molar-refractivity contribution in [3.63, 3.8) is 0 Å². The molecule has 0 bridgehead atoms. The second-order valence-electron chi connectivity index (χ2n) is 6.33. The van der Waals surface area contributed by atoms with Crippen molar-refractivity contribution in [3.05, 3.63) is 0 Å². The lowest BCUT2D eigenvalue weighted by Gasteiger charge is -2.26. The third kappa shape index (κ3) is 4.22. The second kappa shape index (κ2) is 7.46. The number of hydrogen-bond donors (Lipinski definition) is 2. The van der Waals surface area contributed by atoms with E-state index in [2.05, 4.69) is 24.5 Å². The highest BCUT2D eigenvalue weighted by molar-refractivity contribution is 4.93. The van der Waals surface area contributed by atoms with Crippen molar-refractivity contribution in [3.8, 4) is 0 Å². The zero-order valence-electron chi connectivity index (χ0n) is 12.1.